The first-order valence-electron chi connectivity index (χ1n) is 6.27. The number of nitrogens with one attached hydrogen (secondary N) is 1. The van der Waals surface area contributed by atoms with E-state index in [0.717, 1.165) is 0 Å². The molecule has 0 aliphatic carbocycles. The highest BCUT2D eigenvalue weighted by atomic mass is 16.5. The average molecular weight is 266 g/mol. The van der Waals surface area contributed by atoms with E-state index < -0.39 is 0 Å². The first-order chi connectivity index (χ1) is 9.04. The number of amides is 1. The van der Waals surface area contributed by atoms with Crippen LogP contribution in [-0.4, -0.2) is 32.7 Å². The molecule has 0 heterocycles. The number of nitrogens with two attached hydrogens (primary N) is 1. The monoisotopic (exact) mass is 266 g/mol. The summed E-state index contributed by atoms with van der Waals surface area (Å²) in [4.78, 5) is 12.2. The Kier molecular flexibility index (Phi) is 5.63. The predicted molar refractivity (Wildman–Crippen MR) is 74.7 cm³/mol. The molecule has 0 spiro atoms. The van der Waals surface area contributed by atoms with Crippen LogP contribution in [0.2, 0.25) is 0 Å². The first kappa shape index (κ1) is 15.3. The van der Waals surface area contributed by atoms with Crippen LogP contribution >= 0.6 is 0 Å². The van der Waals surface area contributed by atoms with E-state index in [1.165, 1.54) is 7.11 Å². The van der Waals surface area contributed by atoms with Crippen molar-refractivity contribution in [2.75, 3.05) is 20.8 Å². The van der Waals surface area contributed by atoms with Gasteiger partial charge in [0.05, 0.1) is 19.8 Å². The van der Waals surface area contributed by atoms with Gasteiger partial charge in [0, 0.05) is 6.04 Å². The Labute approximate surface area is 114 Å². The Morgan fingerprint density at radius 1 is 1.32 bits per heavy atom. The van der Waals surface area contributed by atoms with Gasteiger partial charge < -0.3 is 20.5 Å². The van der Waals surface area contributed by atoms with Gasteiger partial charge in [0.1, 0.15) is 0 Å². The van der Waals surface area contributed by atoms with Gasteiger partial charge in [-0.05, 0) is 31.5 Å². The molecule has 5 heteroatoms. The van der Waals surface area contributed by atoms with Crippen molar-refractivity contribution in [2.24, 2.45) is 11.7 Å². The van der Waals surface area contributed by atoms with Gasteiger partial charge in [-0.25, -0.2) is 0 Å². The van der Waals surface area contributed by atoms with Crippen molar-refractivity contribution in [3.8, 4) is 11.5 Å². The summed E-state index contributed by atoms with van der Waals surface area (Å²) < 4.78 is 10.4. The maximum Gasteiger partial charge on any atom is 0.255 e. The second kappa shape index (κ2) is 6.99. The van der Waals surface area contributed by atoms with Gasteiger partial charge in [-0.2, -0.15) is 0 Å². The summed E-state index contributed by atoms with van der Waals surface area (Å²) in [6, 6.07) is 5.21. The molecule has 1 rings (SSSR count). The van der Waals surface area contributed by atoms with E-state index in [-0.39, 0.29) is 17.9 Å². The van der Waals surface area contributed by atoms with Crippen molar-refractivity contribution >= 4 is 5.91 Å². The molecule has 1 aromatic rings. The third-order valence-corrected chi connectivity index (χ3v) is 3.23. The van der Waals surface area contributed by atoms with Crippen molar-refractivity contribution in [3.05, 3.63) is 23.8 Å². The third kappa shape index (κ3) is 3.61. The molecule has 0 aliphatic rings. The Hall–Kier alpha value is -1.75. The number of benzene rings is 1. The minimum atomic E-state index is -0.191. The summed E-state index contributed by atoms with van der Waals surface area (Å²) in [6.45, 7) is 4.45. The van der Waals surface area contributed by atoms with E-state index >= 15 is 0 Å². The van der Waals surface area contributed by atoms with Crippen LogP contribution < -0.4 is 20.5 Å². The maximum absolute atomic E-state index is 12.2. The van der Waals surface area contributed by atoms with Crippen molar-refractivity contribution in [3.63, 3.8) is 0 Å². The number of hydrogen-bond acceptors (Lipinski definition) is 4. The summed E-state index contributed by atoms with van der Waals surface area (Å²) in [7, 11) is 3.05. The molecule has 2 unspecified atom stereocenters. The molecule has 2 atom stereocenters. The van der Waals surface area contributed by atoms with Gasteiger partial charge >= 0.3 is 0 Å². The van der Waals surface area contributed by atoms with Gasteiger partial charge in [0.2, 0.25) is 0 Å². The SMILES string of the molecule is COc1cccc(C(=O)NC(C)C(C)CN)c1OC. The topological polar surface area (TPSA) is 73.6 Å². The largest absolute Gasteiger partial charge is 0.493 e. The van der Waals surface area contributed by atoms with E-state index in [1.807, 2.05) is 13.8 Å². The number of hydrogen-bond donors (Lipinski definition) is 2. The minimum absolute atomic E-state index is 0.00610. The lowest BCUT2D eigenvalue weighted by molar-refractivity contribution is 0.0926. The highest BCUT2D eigenvalue weighted by Crippen LogP contribution is 2.30. The van der Waals surface area contributed by atoms with E-state index in [0.29, 0.717) is 23.6 Å². The van der Waals surface area contributed by atoms with Gasteiger partial charge in [-0.15, -0.1) is 0 Å². The molecule has 106 valence electrons. The number of para-hydroxylation sites is 1. The number of rotatable bonds is 6. The van der Waals surface area contributed by atoms with Crippen LogP contribution in [0, 0.1) is 5.92 Å². The second-order valence-corrected chi connectivity index (χ2v) is 4.52. The highest BCUT2D eigenvalue weighted by molar-refractivity contribution is 5.98. The Bertz CT molecular complexity index is 435. The van der Waals surface area contributed by atoms with Crippen LogP contribution in [0.5, 0.6) is 11.5 Å². The van der Waals surface area contributed by atoms with Crippen LogP contribution in [0.1, 0.15) is 24.2 Å². The fourth-order valence-corrected chi connectivity index (χ4v) is 1.70. The Morgan fingerprint density at radius 3 is 2.53 bits per heavy atom. The van der Waals surface area contributed by atoms with Gasteiger partial charge in [-0.1, -0.05) is 13.0 Å². The lowest BCUT2D eigenvalue weighted by Crippen LogP contribution is -2.39. The molecule has 0 aromatic heterocycles. The van der Waals surface area contributed by atoms with E-state index in [2.05, 4.69) is 5.32 Å². The van der Waals surface area contributed by atoms with E-state index in [1.54, 1.807) is 25.3 Å². The lowest BCUT2D eigenvalue weighted by atomic mass is 10.0. The quantitative estimate of drug-likeness (QED) is 0.816. The van der Waals surface area contributed by atoms with Crippen molar-refractivity contribution in [1.29, 1.82) is 0 Å². The van der Waals surface area contributed by atoms with Crippen LogP contribution in [0.4, 0.5) is 0 Å². The molecular weight excluding hydrogens is 244 g/mol. The summed E-state index contributed by atoms with van der Waals surface area (Å²) in [5.74, 6) is 0.994. The van der Waals surface area contributed by atoms with Gasteiger partial charge in [0.25, 0.3) is 5.91 Å². The van der Waals surface area contributed by atoms with Crippen molar-refractivity contribution in [1.82, 2.24) is 5.32 Å². The standard InChI is InChI=1S/C14H22N2O3/c1-9(8-15)10(2)16-14(17)11-6-5-7-12(18-3)13(11)19-4/h5-7,9-10H,8,15H2,1-4H3,(H,16,17). The molecule has 3 N–H and O–H groups in total. The normalized spacial score (nSPS) is 13.5. The highest BCUT2D eigenvalue weighted by Gasteiger charge is 2.19. The first-order valence-corrected chi connectivity index (χ1v) is 6.27. The molecule has 0 fully saturated rings. The Balaban J connectivity index is 2.94. The Morgan fingerprint density at radius 2 is 2.00 bits per heavy atom. The second-order valence-electron chi connectivity index (χ2n) is 4.52. The molecule has 5 nitrogen and oxygen atoms in total. The molecule has 19 heavy (non-hydrogen) atoms. The minimum Gasteiger partial charge on any atom is -0.493 e. The van der Waals surface area contributed by atoms with E-state index in [9.17, 15) is 4.79 Å². The third-order valence-electron chi connectivity index (χ3n) is 3.23. The van der Waals surface area contributed by atoms with Crippen LogP contribution in [0.15, 0.2) is 18.2 Å². The molecular formula is C14H22N2O3. The molecule has 1 amide bonds. The number of carbonyl (C=O) groups excluding carboxylic acids is 1. The molecule has 0 radical (unpaired) electrons. The fraction of sp³-hybridized carbons (Fsp3) is 0.500. The summed E-state index contributed by atoms with van der Waals surface area (Å²) in [5.41, 5.74) is 6.05. The van der Waals surface area contributed by atoms with E-state index in [4.69, 9.17) is 15.2 Å². The zero-order chi connectivity index (χ0) is 14.4. The molecule has 0 aliphatic heterocycles. The van der Waals surface area contributed by atoms with Gasteiger partial charge in [-0.3, -0.25) is 4.79 Å². The average Bonchev–Trinajstić information content (AvgIpc) is 2.44. The number of carbonyl (C=O) groups is 1. The predicted octanol–water partition coefficient (Wildman–Crippen LogP) is 1.42. The molecule has 0 saturated carbocycles. The van der Waals surface area contributed by atoms with Crippen LogP contribution in [0.25, 0.3) is 0 Å². The van der Waals surface area contributed by atoms with Crippen LogP contribution in [0.3, 0.4) is 0 Å². The maximum atomic E-state index is 12.2. The summed E-state index contributed by atoms with van der Waals surface area (Å²) in [6.07, 6.45) is 0. The molecule has 0 bridgehead atoms. The number of methoxy groups -OCH3 is 2. The molecule has 1 aromatic carbocycles. The van der Waals surface area contributed by atoms with Crippen molar-refractivity contribution in [2.45, 2.75) is 19.9 Å². The zero-order valence-corrected chi connectivity index (χ0v) is 11.9. The fourth-order valence-electron chi connectivity index (χ4n) is 1.70. The zero-order valence-electron chi connectivity index (χ0n) is 11.9. The van der Waals surface area contributed by atoms with Crippen LogP contribution in [-0.2, 0) is 0 Å². The number of ether oxygens (including phenoxy) is 2. The summed E-state index contributed by atoms with van der Waals surface area (Å²) >= 11 is 0. The summed E-state index contributed by atoms with van der Waals surface area (Å²) in [5, 5.41) is 2.92. The van der Waals surface area contributed by atoms with Crippen molar-refractivity contribution < 1.29 is 14.3 Å². The molecule has 0 saturated heterocycles. The lowest BCUT2D eigenvalue weighted by Gasteiger charge is -2.20. The van der Waals surface area contributed by atoms with Gasteiger partial charge in [0.15, 0.2) is 11.5 Å². The smallest absolute Gasteiger partial charge is 0.255 e.